The largest absolute Gasteiger partial charge is 0.299 e. The predicted octanol–water partition coefficient (Wildman–Crippen LogP) is 1.54. The van der Waals surface area contributed by atoms with E-state index in [1.165, 1.54) is 10.9 Å². The molecular weight excluding hydrogens is 242 g/mol. The van der Waals surface area contributed by atoms with E-state index in [-0.39, 0.29) is 16.9 Å². The minimum atomic E-state index is -0.287. The highest BCUT2D eigenvalue weighted by Gasteiger charge is 2.21. The number of aromatic amines is 1. The Labute approximate surface area is 111 Å². The number of aromatic nitrogens is 3. The van der Waals surface area contributed by atoms with E-state index in [2.05, 4.69) is 10.1 Å². The van der Waals surface area contributed by atoms with Crippen molar-refractivity contribution in [2.24, 2.45) is 13.0 Å². The highest BCUT2D eigenvalue weighted by Crippen LogP contribution is 2.12. The van der Waals surface area contributed by atoms with Gasteiger partial charge in [-0.25, -0.2) is 0 Å². The molecule has 5 heteroatoms. The van der Waals surface area contributed by atoms with E-state index in [1.807, 2.05) is 13.8 Å². The van der Waals surface area contributed by atoms with Gasteiger partial charge >= 0.3 is 0 Å². The summed E-state index contributed by atoms with van der Waals surface area (Å²) in [7, 11) is 1.62. The molecule has 0 fully saturated rings. The highest BCUT2D eigenvalue weighted by atomic mass is 16.2. The van der Waals surface area contributed by atoms with Crippen LogP contribution in [-0.2, 0) is 13.5 Å². The molecule has 5 nitrogen and oxygen atoms in total. The normalized spacial score (nSPS) is 10.9. The van der Waals surface area contributed by atoms with Crippen LogP contribution >= 0.6 is 0 Å². The van der Waals surface area contributed by atoms with Gasteiger partial charge in [-0.2, -0.15) is 0 Å². The minimum Gasteiger partial charge on any atom is -0.299 e. The number of pyridine rings is 1. The van der Waals surface area contributed by atoms with E-state index in [0.29, 0.717) is 23.6 Å². The second-order valence-corrected chi connectivity index (χ2v) is 5.00. The fourth-order valence-electron chi connectivity index (χ4n) is 2.04. The Morgan fingerprint density at radius 1 is 1.47 bits per heavy atom. The van der Waals surface area contributed by atoms with Crippen LogP contribution in [0.25, 0.3) is 0 Å². The minimum absolute atomic E-state index is 0.226. The average molecular weight is 259 g/mol. The summed E-state index contributed by atoms with van der Waals surface area (Å²) < 4.78 is 1.35. The van der Waals surface area contributed by atoms with E-state index < -0.39 is 0 Å². The lowest BCUT2D eigenvalue weighted by atomic mass is 10.00. The van der Waals surface area contributed by atoms with Gasteiger partial charge in [0.2, 0.25) is 5.78 Å². The second kappa shape index (κ2) is 5.22. The van der Waals surface area contributed by atoms with Crippen LogP contribution in [0.2, 0.25) is 0 Å². The Morgan fingerprint density at radius 3 is 2.79 bits per heavy atom. The molecule has 0 aliphatic rings. The molecule has 19 heavy (non-hydrogen) atoms. The van der Waals surface area contributed by atoms with Gasteiger partial charge in [0.15, 0.2) is 0 Å². The van der Waals surface area contributed by atoms with Crippen LogP contribution in [0, 0.1) is 5.92 Å². The molecule has 0 aromatic carbocycles. The summed E-state index contributed by atoms with van der Waals surface area (Å²) in [5, 5.41) is 2.96. The van der Waals surface area contributed by atoms with Gasteiger partial charge in [0.1, 0.15) is 5.56 Å². The molecule has 0 amide bonds. The van der Waals surface area contributed by atoms with E-state index in [0.717, 1.165) is 0 Å². The fraction of sp³-hybridized carbons (Fsp3) is 0.357. The van der Waals surface area contributed by atoms with Crippen LogP contribution in [0.5, 0.6) is 0 Å². The molecule has 2 rings (SSSR count). The maximum atomic E-state index is 12.4. The van der Waals surface area contributed by atoms with Crippen molar-refractivity contribution in [3.05, 3.63) is 51.7 Å². The lowest BCUT2D eigenvalue weighted by molar-refractivity contribution is 0.103. The standard InChI is InChI=1S/C14H17N3O2/c1-9(2)7-11-12(14(19)17(3)16-11)13(18)10-5-4-6-15-8-10/h4-6,8-9,16H,7H2,1-3H3. The van der Waals surface area contributed by atoms with Crippen molar-refractivity contribution in [2.75, 3.05) is 0 Å². The summed E-state index contributed by atoms with van der Waals surface area (Å²) in [6.45, 7) is 4.09. The number of hydrogen-bond donors (Lipinski definition) is 1. The van der Waals surface area contributed by atoms with Crippen LogP contribution in [-0.4, -0.2) is 20.5 Å². The third kappa shape index (κ3) is 2.65. The maximum Gasteiger partial charge on any atom is 0.277 e. The lowest BCUT2D eigenvalue weighted by Crippen LogP contribution is -2.20. The number of carbonyl (C=O) groups excluding carboxylic acids is 1. The molecule has 0 spiro atoms. The summed E-state index contributed by atoms with van der Waals surface area (Å²) in [5.41, 5.74) is 1.06. The van der Waals surface area contributed by atoms with Crippen molar-refractivity contribution in [3.63, 3.8) is 0 Å². The van der Waals surface area contributed by atoms with Gasteiger partial charge < -0.3 is 0 Å². The molecule has 0 atom stereocenters. The number of H-pyrrole nitrogens is 1. The maximum absolute atomic E-state index is 12.4. The van der Waals surface area contributed by atoms with Crippen LogP contribution in [0.4, 0.5) is 0 Å². The molecular formula is C14H17N3O2. The number of nitrogens with one attached hydrogen (secondary N) is 1. The van der Waals surface area contributed by atoms with Crippen molar-refractivity contribution in [2.45, 2.75) is 20.3 Å². The summed E-state index contributed by atoms with van der Waals surface area (Å²) in [5.74, 6) is 0.0871. The molecule has 100 valence electrons. The zero-order valence-corrected chi connectivity index (χ0v) is 11.3. The summed E-state index contributed by atoms with van der Waals surface area (Å²) in [4.78, 5) is 28.4. The van der Waals surface area contributed by atoms with Gasteiger partial charge in [0.25, 0.3) is 5.56 Å². The molecule has 2 aromatic rings. The third-order valence-corrected chi connectivity index (χ3v) is 2.89. The fourth-order valence-corrected chi connectivity index (χ4v) is 2.04. The number of hydrogen-bond acceptors (Lipinski definition) is 3. The Balaban J connectivity index is 2.50. The van der Waals surface area contributed by atoms with Crippen molar-refractivity contribution in [3.8, 4) is 0 Å². The zero-order valence-electron chi connectivity index (χ0n) is 11.3. The summed E-state index contributed by atoms with van der Waals surface area (Å²) in [6.07, 6.45) is 3.74. The SMILES string of the molecule is CC(C)Cc1[nH]n(C)c(=O)c1C(=O)c1cccnc1. The van der Waals surface area contributed by atoms with Crippen LogP contribution in [0.1, 0.15) is 35.5 Å². The third-order valence-electron chi connectivity index (χ3n) is 2.89. The van der Waals surface area contributed by atoms with Crippen LogP contribution in [0.15, 0.2) is 29.3 Å². The molecule has 0 saturated heterocycles. The Bertz CT molecular complexity index is 638. The number of rotatable bonds is 4. The first-order chi connectivity index (χ1) is 9.00. The topological polar surface area (TPSA) is 67.8 Å². The molecule has 0 bridgehead atoms. The second-order valence-electron chi connectivity index (χ2n) is 5.00. The monoisotopic (exact) mass is 259 g/mol. The van der Waals surface area contributed by atoms with Gasteiger partial charge in [0.05, 0.1) is 0 Å². The first kappa shape index (κ1) is 13.3. The van der Waals surface area contributed by atoms with Crippen molar-refractivity contribution >= 4 is 5.78 Å². The molecule has 1 N–H and O–H groups in total. The summed E-state index contributed by atoms with van der Waals surface area (Å²) in [6, 6.07) is 3.35. The number of carbonyl (C=O) groups is 1. The Kier molecular flexibility index (Phi) is 3.64. The van der Waals surface area contributed by atoms with E-state index in [4.69, 9.17) is 0 Å². The first-order valence-corrected chi connectivity index (χ1v) is 6.23. The molecule has 0 aliphatic heterocycles. The van der Waals surface area contributed by atoms with E-state index in [1.54, 1.807) is 25.4 Å². The van der Waals surface area contributed by atoms with Gasteiger partial charge in [-0.3, -0.25) is 24.4 Å². The van der Waals surface area contributed by atoms with E-state index in [9.17, 15) is 9.59 Å². The number of ketones is 1. The Hall–Kier alpha value is -2.17. The molecule has 0 aliphatic carbocycles. The number of aryl methyl sites for hydroxylation is 1. The van der Waals surface area contributed by atoms with Crippen LogP contribution in [0.3, 0.4) is 0 Å². The van der Waals surface area contributed by atoms with Crippen molar-refractivity contribution in [1.29, 1.82) is 0 Å². The zero-order chi connectivity index (χ0) is 14.0. The lowest BCUT2D eigenvalue weighted by Gasteiger charge is -2.04. The number of nitrogens with zero attached hydrogens (tertiary/aromatic N) is 2. The summed E-state index contributed by atoms with van der Waals surface area (Å²) >= 11 is 0. The van der Waals surface area contributed by atoms with Gasteiger partial charge in [-0.15, -0.1) is 0 Å². The van der Waals surface area contributed by atoms with Gasteiger partial charge in [0, 0.05) is 30.7 Å². The highest BCUT2D eigenvalue weighted by molar-refractivity contribution is 6.09. The van der Waals surface area contributed by atoms with E-state index >= 15 is 0 Å². The first-order valence-electron chi connectivity index (χ1n) is 6.23. The molecule has 2 heterocycles. The van der Waals surface area contributed by atoms with Crippen LogP contribution < -0.4 is 5.56 Å². The smallest absolute Gasteiger partial charge is 0.277 e. The molecule has 0 saturated carbocycles. The van der Waals surface area contributed by atoms with Gasteiger partial charge in [-0.05, 0) is 24.5 Å². The van der Waals surface area contributed by atoms with Gasteiger partial charge in [-0.1, -0.05) is 13.8 Å². The average Bonchev–Trinajstić information content (AvgIpc) is 2.64. The van der Waals surface area contributed by atoms with Crippen molar-refractivity contribution < 1.29 is 4.79 Å². The van der Waals surface area contributed by atoms with Crippen molar-refractivity contribution in [1.82, 2.24) is 14.8 Å². The predicted molar refractivity (Wildman–Crippen MR) is 72.2 cm³/mol. The quantitative estimate of drug-likeness (QED) is 0.847. The molecule has 0 unspecified atom stereocenters. The Morgan fingerprint density at radius 2 is 2.21 bits per heavy atom. The molecule has 0 radical (unpaired) electrons. The molecule has 2 aromatic heterocycles.